The van der Waals surface area contributed by atoms with Crippen LogP contribution in [0.5, 0.6) is 11.6 Å². The first kappa shape index (κ1) is 25.7. The zero-order valence-corrected chi connectivity index (χ0v) is 20.0. The summed E-state index contributed by atoms with van der Waals surface area (Å²) in [4.78, 5) is 23.9. The van der Waals surface area contributed by atoms with Gasteiger partial charge >= 0.3 is 12.2 Å². The summed E-state index contributed by atoms with van der Waals surface area (Å²) >= 11 is 5.85. The van der Waals surface area contributed by atoms with Crippen molar-refractivity contribution in [3.05, 3.63) is 77.1 Å². The van der Waals surface area contributed by atoms with E-state index in [2.05, 4.69) is 9.97 Å². The number of sulfonamides is 1. The smallest absolute Gasteiger partial charge is 0.416 e. The molecule has 1 aromatic heterocycles. The molecule has 1 unspecified atom stereocenters. The van der Waals surface area contributed by atoms with E-state index in [0.29, 0.717) is 10.8 Å². The van der Waals surface area contributed by atoms with Gasteiger partial charge in [-0.05, 0) is 42.0 Å². The number of urea groups is 1. The number of hydrogen-bond acceptors (Lipinski definition) is 6. The summed E-state index contributed by atoms with van der Waals surface area (Å²) in [5.74, 6) is 0.0784. The standard InChI is InChI=1S/C22H19ClF3N5O4S/c23-16-4-6-17(7-5-16)35-20-12-28-19(11-29-20)31-18(13-30(21(31)32)8-9-36(27,33)34)14-2-1-3-15(10-14)22(24,25)26/h1-7,10-12,18H,8-9,13H2,(H2,27,33,34). The van der Waals surface area contributed by atoms with E-state index in [1.54, 1.807) is 24.3 Å². The highest BCUT2D eigenvalue weighted by atomic mass is 35.5. The van der Waals surface area contributed by atoms with Gasteiger partial charge in [0.05, 0.1) is 29.8 Å². The normalized spacial score (nSPS) is 16.5. The Kier molecular flexibility index (Phi) is 7.07. The van der Waals surface area contributed by atoms with Gasteiger partial charge in [-0.25, -0.2) is 28.3 Å². The maximum atomic E-state index is 13.3. The molecule has 1 aliphatic heterocycles. The van der Waals surface area contributed by atoms with Gasteiger partial charge < -0.3 is 9.64 Å². The maximum absolute atomic E-state index is 13.3. The van der Waals surface area contributed by atoms with Gasteiger partial charge in [-0.15, -0.1) is 0 Å². The van der Waals surface area contributed by atoms with Gasteiger partial charge in [0.1, 0.15) is 5.75 Å². The second kappa shape index (κ2) is 9.91. The number of aromatic nitrogens is 2. The molecular formula is C22H19ClF3N5O4S. The number of carbonyl (C=O) groups is 1. The molecule has 2 amide bonds. The van der Waals surface area contributed by atoms with E-state index in [4.69, 9.17) is 21.5 Å². The third-order valence-electron chi connectivity index (χ3n) is 5.32. The summed E-state index contributed by atoms with van der Waals surface area (Å²) in [6.07, 6.45) is -2.09. The number of carbonyl (C=O) groups excluding carboxylic acids is 1. The molecule has 0 bridgehead atoms. The van der Waals surface area contributed by atoms with Crippen molar-refractivity contribution in [3.8, 4) is 11.6 Å². The van der Waals surface area contributed by atoms with Crippen LogP contribution < -0.4 is 14.8 Å². The zero-order valence-electron chi connectivity index (χ0n) is 18.4. The number of rotatable bonds is 7. The van der Waals surface area contributed by atoms with Crippen LogP contribution in [0, 0.1) is 0 Å². The second-order valence-electron chi connectivity index (χ2n) is 7.87. The fourth-order valence-electron chi connectivity index (χ4n) is 3.62. The topological polar surface area (TPSA) is 119 Å². The molecule has 2 N–H and O–H groups in total. The number of nitrogens with zero attached hydrogens (tertiary/aromatic N) is 4. The molecule has 1 atom stereocenters. The van der Waals surface area contributed by atoms with Crippen LogP contribution in [0.1, 0.15) is 17.2 Å². The van der Waals surface area contributed by atoms with E-state index >= 15 is 0 Å². The van der Waals surface area contributed by atoms with Gasteiger partial charge in [0.15, 0.2) is 5.82 Å². The van der Waals surface area contributed by atoms with Crippen molar-refractivity contribution < 1.29 is 31.1 Å². The number of halogens is 4. The molecule has 190 valence electrons. The molecule has 2 aromatic carbocycles. The first-order valence-corrected chi connectivity index (χ1v) is 12.5. The van der Waals surface area contributed by atoms with E-state index in [0.717, 1.165) is 17.0 Å². The zero-order chi connectivity index (χ0) is 26.1. The lowest BCUT2D eigenvalue weighted by atomic mass is 10.0. The highest BCUT2D eigenvalue weighted by molar-refractivity contribution is 7.89. The molecule has 4 rings (SSSR count). The Bertz CT molecular complexity index is 1360. The van der Waals surface area contributed by atoms with E-state index in [1.807, 2.05) is 0 Å². The Morgan fingerprint density at radius 2 is 1.83 bits per heavy atom. The van der Waals surface area contributed by atoms with E-state index in [9.17, 15) is 26.4 Å². The van der Waals surface area contributed by atoms with Crippen molar-refractivity contribution in [1.82, 2.24) is 14.9 Å². The summed E-state index contributed by atoms with van der Waals surface area (Å²) in [5, 5.41) is 5.58. The summed E-state index contributed by atoms with van der Waals surface area (Å²) in [6, 6.07) is 9.50. The van der Waals surface area contributed by atoms with E-state index in [1.165, 1.54) is 29.4 Å². The molecule has 0 saturated carbocycles. The van der Waals surface area contributed by atoms with Crippen molar-refractivity contribution in [2.45, 2.75) is 12.2 Å². The minimum Gasteiger partial charge on any atom is -0.438 e. The summed E-state index contributed by atoms with van der Waals surface area (Å²) in [6.45, 7) is -0.324. The van der Waals surface area contributed by atoms with Gasteiger partial charge in [0, 0.05) is 18.1 Å². The number of amides is 2. The van der Waals surface area contributed by atoms with Crippen LogP contribution in [0.2, 0.25) is 5.02 Å². The number of ether oxygens (including phenoxy) is 1. The number of benzene rings is 2. The van der Waals surface area contributed by atoms with Gasteiger partial charge in [0.2, 0.25) is 15.9 Å². The monoisotopic (exact) mass is 541 g/mol. The van der Waals surface area contributed by atoms with Crippen molar-refractivity contribution >= 4 is 33.5 Å². The fourth-order valence-corrected chi connectivity index (χ4v) is 4.22. The average molecular weight is 542 g/mol. The van der Waals surface area contributed by atoms with Crippen LogP contribution in [0.4, 0.5) is 23.8 Å². The van der Waals surface area contributed by atoms with Crippen molar-refractivity contribution in [2.24, 2.45) is 5.14 Å². The highest BCUT2D eigenvalue weighted by Gasteiger charge is 2.41. The first-order valence-electron chi connectivity index (χ1n) is 10.4. The molecular weight excluding hydrogens is 523 g/mol. The molecule has 3 aromatic rings. The Morgan fingerprint density at radius 3 is 2.44 bits per heavy atom. The van der Waals surface area contributed by atoms with Crippen LogP contribution >= 0.6 is 11.6 Å². The molecule has 1 fully saturated rings. The summed E-state index contributed by atoms with van der Waals surface area (Å²) in [5.41, 5.74) is -0.687. The van der Waals surface area contributed by atoms with Gasteiger partial charge in [-0.3, -0.25) is 4.90 Å². The molecule has 0 aliphatic carbocycles. The summed E-state index contributed by atoms with van der Waals surface area (Å²) < 4.78 is 68.4. The minimum absolute atomic E-state index is 0.0453. The third-order valence-corrected chi connectivity index (χ3v) is 6.33. The Labute approximate surface area is 209 Å². The second-order valence-corrected chi connectivity index (χ2v) is 10.0. The van der Waals surface area contributed by atoms with Gasteiger partial charge in [-0.2, -0.15) is 13.2 Å². The van der Waals surface area contributed by atoms with Crippen molar-refractivity contribution in [1.29, 1.82) is 0 Å². The quantitative estimate of drug-likeness (QED) is 0.478. The number of alkyl halides is 3. The van der Waals surface area contributed by atoms with Crippen LogP contribution in [-0.4, -0.2) is 48.2 Å². The molecule has 14 heteroatoms. The number of primary sulfonamides is 1. The van der Waals surface area contributed by atoms with Gasteiger partial charge in [-0.1, -0.05) is 23.7 Å². The molecule has 0 spiro atoms. The lowest BCUT2D eigenvalue weighted by molar-refractivity contribution is -0.137. The van der Waals surface area contributed by atoms with E-state index < -0.39 is 39.6 Å². The van der Waals surface area contributed by atoms with Crippen LogP contribution in [0.3, 0.4) is 0 Å². The van der Waals surface area contributed by atoms with Gasteiger partial charge in [0.25, 0.3) is 0 Å². The summed E-state index contributed by atoms with van der Waals surface area (Å²) in [7, 11) is -3.88. The molecule has 1 aliphatic rings. The largest absolute Gasteiger partial charge is 0.438 e. The molecule has 2 heterocycles. The van der Waals surface area contributed by atoms with E-state index in [-0.39, 0.29) is 30.4 Å². The Morgan fingerprint density at radius 1 is 1.11 bits per heavy atom. The number of nitrogens with two attached hydrogens (primary N) is 1. The molecule has 9 nitrogen and oxygen atoms in total. The third kappa shape index (κ3) is 6.04. The number of hydrogen-bond donors (Lipinski definition) is 1. The SMILES string of the molecule is NS(=O)(=O)CCN1CC(c2cccc(C(F)(F)F)c2)N(c2cnc(Oc3ccc(Cl)cc3)cn2)C1=O. The molecule has 36 heavy (non-hydrogen) atoms. The number of anilines is 1. The predicted octanol–water partition coefficient (Wildman–Crippen LogP) is 4.21. The van der Waals surface area contributed by atoms with Crippen molar-refractivity contribution in [2.75, 3.05) is 23.7 Å². The lowest BCUT2D eigenvalue weighted by Gasteiger charge is -2.23. The van der Waals surface area contributed by atoms with Crippen LogP contribution in [0.15, 0.2) is 60.9 Å². The predicted molar refractivity (Wildman–Crippen MR) is 125 cm³/mol. The molecule has 1 saturated heterocycles. The molecule has 0 radical (unpaired) electrons. The van der Waals surface area contributed by atoms with Crippen LogP contribution in [0.25, 0.3) is 0 Å². The fraction of sp³-hybridized carbons (Fsp3) is 0.227. The Hall–Kier alpha value is -3.42. The van der Waals surface area contributed by atoms with Crippen LogP contribution in [-0.2, 0) is 16.2 Å². The average Bonchev–Trinajstić information content (AvgIpc) is 3.15. The highest BCUT2D eigenvalue weighted by Crippen LogP contribution is 2.37. The maximum Gasteiger partial charge on any atom is 0.416 e. The van der Waals surface area contributed by atoms with Crippen molar-refractivity contribution in [3.63, 3.8) is 0 Å². The first-order chi connectivity index (χ1) is 16.9. The minimum atomic E-state index is -4.59. The Balaban J connectivity index is 1.64. The lowest BCUT2D eigenvalue weighted by Crippen LogP contribution is -2.36.